The van der Waals surface area contributed by atoms with E-state index in [0.29, 0.717) is 6.54 Å². The summed E-state index contributed by atoms with van der Waals surface area (Å²) in [7, 11) is 0. The molecule has 0 saturated carbocycles. The number of fused-ring (bicyclic) bond motifs is 1. The molecule has 5 heteroatoms. The van der Waals surface area contributed by atoms with Gasteiger partial charge >= 0.3 is 0 Å². The molecule has 1 aromatic heterocycles. The van der Waals surface area contributed by atoms with Gasteiger partial charge in [-0.25, -0.2) is 4.39 Å². The molecule has 0 N–H and O–H groups in total. The number of amides is 1. The average Bonchev–Trinajstić information content (AvgIpc) is 3.12. The van der Waals surface area contributed by atoms with Crippen molar-refractivity contribution in [2.24, 2.45) is 0 Å². The van der Waals surface area contributed by atoms with Gasteiger partial charge in [-0.05, 0) is 41.8 Å². The molecule has 0 bridgehead atoms. The number of halogens is 1. The molecular formula is C25H25FN2O2. The molecule has 3 unspecified atom stereocenters. The average molecular weight is 404 g/mol. The van der Waals surface area contributed by atoms with Gasteiger partial charge in [-0.1, -0.05) is 50.2 Å². The van der Waals surface area contributed by atoms with Crippen molar-refractivity contribution in [2.45, 2.75) is 38.3 Å². The zero-order valence-electron chi connectivity index (χ0n) is 17.2. The molecule has 4 rings (SSSR count). The Kier molecular flexibility index (Phi) is 5.79. The van der Waals surface area contributed by atoms with Crippen LogP contribution in [-0.4, -0.2) is 28.4 Å². The van der Waals surface area contributed by atoms with E-state index in [1.165, 1.54) is 12.1 Å². The van der Waals surface area contributed by atoms with Crippen LogP contribution in [0.1, 0.15) is 48.9 Å². The summed E-state index contributed by atoms with van der Waals surface area (Å²) in [6.07, 6.45) is 3.67. The fraction of sp³-hybridized carbons (Fsp3) is 0.280. The van der Waals surface area contributed by atoms with Crippen molar-refractivity contribution in [1.82, 2.24) is 9.88 Å². The summed E-state index contributed by atoms with van der Waals surface area (Å²) in [5, 5.41) is 0. The molecule has 154 valence electrons. The number of aromatic nitrogens is 1. The minimum Gasteiger partial charge on any atom is -0.480 e. The molecule has 30 heavy (non-hydrogen) atoms. The van der Waals surface area contributed by atoms with E-state index in [-0.39, 0.29) is 23.7 Å². The van der Waals surface area contributed by atoms with Crippen molar-refractivity contribution in [3.8, 4) is 5.75 Å². The zero-order chi connectivity index (χ0) is 21.1. The Morgan fingerprint density at radius 1 is 1.10 bits per heavy atom. The Morgan fingerprint density at radius 2 is 1.87 bits per heavy atom. The third-order valence-corrected chi connectivity index (χ3v) is 5.61. The summed E-state index contributed by atoms with van der Waals surface area (Å²) in [5.41, 5.74) is 2.77. The molecule has 0 saturated heterocycles. The van der Waals surface area contributed by atoms with Gasteiger partial charge in [-0.2, -0.15) is 0 Å². The number of rotatable bonds is 6. The van der Waals surface area contributed by atoms with Crippen LogP contribution >= 0.6 is 0 Å². The van der Waals surface area contributed by atoms with Gasteiger partial charge in [0.25, 0.3) is 5.91 Å². The normalized spacial score (nSPS) is 18.4. The third-order valence-electron chi connectivity index (χ3n) is 5.61. The van der Waals surface area contributed by atoms with Crippen LogP contribution in [0, 0.1) is 5.82 Å². The quantitative estimate of drug-likeness (QED) is 0.573. The van der Waals surface area contributed by atoms with Gasteiger partial charge in [-0.3, -0.25) is 9.78 Å². The number of hydrogen-bond donors (Lipinski definition) is 0. The lowest BCUT2D eigenvalue weighted by molar-refractivity contribution is -0.140. The van der Waals surface area contributed by atoms with E-state index in [4.69, 9.17) is 4.74 Å². The van der Waals surface area contributed by atoms with Crippen LogP contribution in [0.25, 0.3) is 0 Å². The Hall–Kier alpha value is -3.21. The van der Waals surface area contributed by atoms with Crippen LogP contribution in [0.15, 0.2) is 73.1 Å². The molecule has 0 fully saturated rings. The molecule has 0 aliphatic carbocycles. The fourth-order valence-electron chi connectivity index (χ4n) is 4.14. The van der Waals surface area contributed by atoms with E-state index >= 15 is 0 Å². The van der Waals surface area contributed by atoms with Gasteiger partial charge in [0.05, 0.1) is 6.04 Å². The highest BCUT2D eigenvalue weighted by molar-refractivity contribution is 5.84. The first-order valence-electron chi connectivity index (χ1n) is 10.3. The SMILES string of the molecule is CCCN(C(=O)C1Oc2ccccc2C1C)C(c1ccc(F)cc1)c1cccnc1. The lowest BCUT2D eigenvalue weighted by Gasteiger charge is -2.34. The van der Waals surface area contributed by atoms with Crippen molar-refractivity contribution in [3.63, 3.8) is 0 Å². The lowest BCUT2D eigenvalue weighted by atomic mass is 9.94. The van der Waals surface area contributed by atoms with Crippen LogP contribution in [0.4, 0.5) is 4.39 Å². The largest absolute Gasteiger partial charge is 0.480 e. The van der Waals surface area contributed by atoms with E-state index in [1.807, 2.05) is 55.1 Å². The highest BCUT2D eigenvalue weighted by Gasteiger charge is 2.40. The van der Waals surface area contributed by atoms with Gasteiger partial charge in [0.1, 0.15) is 11.6 Å². The van der Waals surface area contributed by atoms with E-state index < -0.39 is 6.10 Å². The van der Waals surface area contributed by atoms with Gasteiger partial charge < -0.3 is 9.64 Å². The summed E-state index contributed by atoms with van der Waals surface area (Å²) < 4.78 is 19.7. The molecule has 0 spiro atoms. The monoisotopic (exact) mass is 404 g/mol. The number of ether oxygens (including phenoxy) is 1. The molecule has 1 aliphatic heterocycles. The predicted molar refractivity (Wildman–Crippen MR) is 114 cm³/mol. The van der Waals surface area contributed by atoms with Crippen molar-refractivity contribution in [2.75, 3.05) is 6.54 Å². The van der Waals surface area contributed by atoms with Gasteiger partial charge in [0.15, 0.2) is 6.10 Å². The Morgan fingerprint density at radius 3 is 2.53 bits per heavy atom. The number of carbonyl (C=O) groups excluding carboxylic acids is 1. The van der Waals surface area contributed by atoms with E-state index in [9.17, 15) is 9.18 Å². The van der Waals surface area contributed by atoms with Crippen LogP contribution < -0.4 is 4.74 Å². The molecular weight excluding hydrogens is 379 g/mol. The van der Waals surface area contributed by atoms with E-state index in [2.05, 4.69) is 4.98 Å². The number of para-hydroxylation sites is 1. The first-order chi connectivity index (χ1) is 14.6. The second-order valence-corrected chi connectivity index (χ2v) is 7.64. The molecule has 3 aromatic rings. The highest BCUT2D eigenvalue weighted by Crippen LogP contribution is 2.40. The van der Waals surface area contributed by atoms with Crippen molar-refractivity contribution < 1.29 is 13.9 Å². The second-order valence-electron chi connectivity index (χ2n) is 7.64. The van der Waals surface area contributed by atoms with E-state index in [1.54, 1.807) is 24.5 Å². The molecule has 1 amide bonds. The topological polar surface area (TPSA) is 42.4 Å². The number of nitrogens with zero attached hydrogens (tertiary/aromatic N) is 2. The summed E-state index contributed by atoms with van der Waals surface area (Å²) in [4.78, 5) is 19.9. The standard InChI is InChI=1S/C25H25FN2O2/c1-3-15-28(25(29)24-17(2)21-8-4-5-9-22(21)30-24)23(19-7-6-14-27-16-19)18-10-12-20(26)13-11-18/h4-14,16-17,23-24H,3,15H2,1-2H3. The smallest absolute Gasteiger partial charge is 0.265 e. The van der Waals surface area contributed by atoms with Crippen LogP contribution in [0.3, 0.4) is 0 Å². The first-order valence-corrected chi connectivity index (χ1v) is 10.3. The van der Waals surface area contributed by atoms with Gasteiger partial charge in [-0.15, -0.1) is 0 Å². The Bertz CT molecular complexity index is 1010. The molecule has 3 atom stereocenters. The molecule has 1 aliphatic rings. The van der Waals surface area contributed by atoms with E-state index in [0.717, 1.165) is 28.9 Å². The predicted octanol–water partition coefficient (Wildman–Crippen LogP) is 5.11. The molecule has 0 radical (unpaired) electrons. The van der Waals surface area contributed by atoms with Gasteiger partial charge in [0, 0.05) is 30.4 Å². The number of pyridine rings is 1. The summed E-state index contributed by atoms with van der Waals surface area (Å²) in [5.74, 6) is 0.342. The zero-order valence-corrected chi connectivity index (χ0v) is 17.2. The Balaban J connectivity index is 1.73. The molecule has 2 aromatic carbocycles. The maximum atomic E-state index is 13.8. The van der Waals surface area contributed by atoms with Crippen molar-refractivity contribution in [3.05, 3.63) is 95.6 Å². The maximum Gasteiger partial charge on any atom is 0.265 e. The van der Waals surface area contributed by atoms with Crippen LogP contribution in [0.2, 0.25) is 0 Å². The lowest BCUT2D eigenvalue weighted by Crippen LogP contribution is -2.45. The van der Waals surface area contributed by atoms with Crippen LogP contribution in [-0.2, 0) is 4.79 Å². The first kappa shape index (κ1) is 20.1. The Labute approximate surface area is 176 Å². The maximum absolute atomic E-state index is 13.8. The second kappa shape index (κ2) is 8.66. The highest BCUT2D eigenvalue weighted by atomic mass is 19.1. The number of hydrogen-bond acceptors (Lipinski definition) is 3. The molecule has 4 nitrogen and oxygen atoms in total. The minimum atomic E-state index is -0.589. The van der Waals surface area contributed by atoms with Crippen LogP contribution in [0.5, 0.6) is 5.75 Å². The fourth-order valence-corrected chi connectivity index (χ4v) is 4.14. The minimum absolute atomic E-state index is 0.0455. The molecule has 2 heterocycles. The summed E-state index contributed by atoms with van der Waals surface area (Å²) >= 11 is 0. The summed E-state index contributed by atoms with van der Waals surface area (Å²) in [6.45, 7) is 4.62. The number of benzene rings is 2. The third kappa shape index (κ3) is 3.80. The summed E-state index contributed by atoms with van der Waals surface area (Å²) in [6, 6.07) is 17.5. The van der Waals surface area contributed by atoms with Crippen molar-refractivity contribution >= 4 is 5.91 Å². The van der Waals surface area contributed by atoms with Crippen molar-refractivity contribution in [1.29, 1.82) is 0 Å². The number of carbonyl (C=O) groups is 1. The van der Waals surface area contributed by atoms with Gasteiger partial charge in [0.2, 0.25) is 0 Å².